The lowest BCUT2D eigenvalue weighted by Crippen LogP contribution is -2.26. The minimum atomic E-state index is -4.48. The fourth-order valence-electron chi connectivity index (χ4n) is 4.00. The molecule has 11 heteroatoms. The first-order valence-electron chi connectivity index (χ1n) is 12.5. The van der Waals surface area contributed by atoms with Gasteiger partial charge in [-0.25, -0.2) is 9.59 Å². The molecule has 1 heterocycles. The molecule has 0 fully saturated rings. The lowest BCUT2D eigenvalue weighted by Gasteiger charge is -2.18. The number of rotatable bonds is 9. The Balaban J connectivity index is 1.67. The molecule has 0 aliphatic rings. The number of alkyl halides is 3. The molecule has 1 aromatic heterocycles. The highest BCUT2D eigenvalue weighted by atomic mass is 32.2. The lowest BCUT2D eigenvalue weighted by molar-refractivity contribution is -0.150. The number of aromatic nitrogens is 3. The van der Waals surface area contributed by atoms with Gasteiger partial charge in [0, 0.05) is 11.9 Å². The van der Waals surface area contributed by atoms with Gasteiger partial charge in [-0.3, -0.25) is 4.57 Å². The van der Waals surface area contributed by atoms with Crippen LogP contribution in [0.15, 0.2) is 82.5 Å². The normalized spacial score (nSPS) is 13.1. The zero-order valence-corrected chi connectivity index (χ0v) is 23.1. The molecular weight excluding hydrogens is 543 g/mol. The van der Waals surface area contributed by atoms with Crippen LogP contribution in [-0.4, -0.2) is 33.0 Å². The summed E-state index contributed by atoms with van der Waals surface area (Å²) in [4.78, 5) is 26.0. The Morgan fingerprint density at radius 3 is 2.33 bits per heavy atom. The van der Waals surface area contributed by atoms with Crippen molar-refractivity contribution in [3.05, 3.63) is 106 Å². The topological polar surface area (TPSA) is 75.3 Å². The van der Waals surface area contributed by atoms with Crippen LogP contribution in [0.2, 0.25) is 0 Å². The summed E-state index contributed by atoms with van der Waals surface area (Å²) in [7, 11) is 1.58. The third-order valence-corrected chi connectivity index (χ3v) is 7.36. The molecule has 3 aromatic carbocycles. The number of ether oxygens (including phenoxy) is 2. The van der Waals surface area contributed by atoms with E-state index in [0.717, 1.165) is 32.8 Å². The Hall–Kier alpha value is -3.99. The summed E-state index contributed by atoms with van der Waals surface area (Å²) < 4.78 is 52.4. The average Bonchev–Trinajstić information content (AvgIpc) is 3.22. The average molecular weight is 572 g/mol. The molecule has 2 unspecified atom stereocenters. The number of benzene rings is 3. The van der Waals surface area contributed by atoms with Gasteiger partial charge in [-0.15, -0.1) is 16.9 Å². The molecule has 4 rings (SSSR count). The van der Waals surface area contributed by atoms with Crippen molar-refractivity contribution in [2.45, 2.75) is 43.2 Å². The largest absolute Gasteiger partial charge is 0.479 e. The van der Waals surface area contributed by atoms with Gasteiger partial charge in [-0.2, -0.15) is 17.9 Å². The van der Waals surface area contributed by atoms with Gasteiger partial charge in [0.15, 0.2) is 11.9 Å². The van der Waals surface area contributed by atoms with E-state index in [4.69, 9.17) is 9.47 Å². The number of thioether (sulfide) groups is 1. The predicted molar refractivity (Wildman–Crippen MR) is 146 cm³/mol. The van der Waals surface area contributed by atoms with Crippen molar-refractivity contribution >= 4 is 17.7 Å². The van der Waals surface area contributed by atoms with Crippen LogP contribution in [0.1, 0.15) is 41.6 Å². The van der Waals surface area contributed by atoms with E-state index in [9.17, 15) is 22.8 Å². The standard InChI is InChI=1S/C29H28F3N3O4S/c1-5-38-27(36)19(3)39-24-16-15-23(17-18(24)2)40-25(20-9-7-6-8-10-20)26-33-35(28(37)34(26)4)22-13-11-21(12-14-22)29(30,31)32/h6-17,19,25H,5H2,1-4H3. The van der Waals surface area contributed by atoms with Crippen LogP contribution in [0.4, 0.5) is 13.2 Å². The summed E-state index contributed by atoms with van der Waals surface area (Å²) in [6, 6.07) is 19.3. The summed E-state index contributed by atoms with van der Waals surface area (Å²) >= 11 is 1.46. The molecule has 4 aromatic rings. The Kier molecular flexibility index (Phi) is 8.73. The second-order valence-corrected chi connectivity index (χ2v) is 10.2. The van der Waals surface area contributed by atoms with E-state index in [2.05, 4.69) is 5.10 Å². The fourth-order valence-corrected chi connectivity index (χ4v) is 5.27. The van der Waals surface area contributed by atoms with Crippen molar-refractivity contribution in [1.82, 2.24) is 14.3 Å². The van der Waals surface area contributed by atoms with Crippen molar-refractivity contribution in [2.24, 2.45) is 7.05 Å². The highest BCUT2D eigenvalue weighted by Crippen LogP contribution is 2.40. The predicted octanol–water partition coefficient (Wildman–Crippen LogP) is 6.11. The van der Waals surface area contributed by atoms with Gasteiger partial charge in [0.25, 0.3) is 0 Å². The van der Waals surface area contributed by atoms with Crippen molar-refractivity contribution in [2.75, 3.05) is 6.61 Å². The van der Waals surface area contributed by atoms with Gasteiger partial charge in [0.2, 0.25) is 0 Å². The first kappa shape index (κ1) is 29.0. The van der Waals surface area contributed by atoms with Crippen molar-refractivity contribution in [3.63, 3.8) is 0 Å². The van der Waals surface area contributed by atoms with Crippen LogP contribution in [-0.2, 0) is 22.8 Å². The fraction of sp³-hybridized carbons (Fsp3) is 0.276. The Morgan fingerprint density at radius 2 is 1.73 bits per heavy atom. The van der Waals surface area contributed by atoms with Gasteiger partial charge in [0.1, 0.15) is 5.75 Å². The summed E-state index contributed by atoms with van der Waals surface area (Å²) in [5.41, 5.74) is 0.623. The van der Waals surface area contributed by atoms with E-state index in [1.165, 1.54) is 28.5 Å². The van der Waals surface area contributed by atoms with E-state index in [0.29, 0.717) is 11.6 Å². The third-order valence-electron chi connectivity index (χ3n) is 6.11. The smallest absolute Gasteiger partial charge is 0.416 e. The maximum Gasteiger partial charge on any atom is 0.416 e. The quantitative estimate of drug-likeness (QED) is 0.178. The minimum Gasteiger partial charge on any atom is -0.479 e. The number of nitrogens with zero attached hydrogens (tertiary/aromatic N) is 3. The molecule has 0 amide bonds. The van der Waals surface area contributed by atoms with E-state index in [1.807, 2.05) is 49.4 Å². The molecule has 0 radical (unpaired) electrons. The number of hydrogen-bond acceptors (Lipinski definition) is 6. The highest BCUT2D eigenvalue weighted by Gasteiger charge is 2.30. The highest BCUT2D eigenvalue weighted by molar-refractivity contribution is 7.99. The first-order chi connectivity index (χ1) is 19.0. The van der Waals surface area contributed by atoms with Crippen LogP contribution < -0.4 is 10.4 Å². The zero-order chi connectivity index (χ0) is 29.0. The monoisotopic (exact) mass is 571 g/mol. The summed E-state index contributed by atoms with van der Waals surface area (Å²) in [6.45, 7) is 5.48. The second-order valence-electron chi connectivity index (χ2n) is 9.00. The molecular formula is C29H28F3N3O4S. The lowest BCUT2D eigenvalue weighted by atomic mass is 10.1. The van der Waals surface area contributed by atoms with E-state index in [1.54, 1.807) is 27.0 Å². The maximum absolute atomic E-state index is 13.1. The number of esters is 1. The number of hydrogen-bond donors (Lipinski definition) is 0. The minimum absolute atomic E-state index is 0.227. The van der Waals surface area contributed by atoms with Crippen molar-refractivity contribution < 1.29 is 27.4 Å². The van der Waals surface area contributed by atoms with Gasteiger partial charge in [-0.1, -0.05) is 30.3 Å². The van der Waals surface area contributed by atoms with Crippen LogP contribution in [0, 0.1) is 6.92 Å². The molecule has 0 aliphatic carbocycles. The number of halogens is 3. The summed E-state index contributed by atoms with van der Waals surface area (Å²) in [5, 5.41) is 4.13. The molecule has 0 spiro atoms. The number of carbonyl (C=O) groups excluding carboxylic acids is 1. The van der Waals surface area contributed by atoms with E-state index < -0.39 is 34.8 Å². The third kappa shape index (κ3) is 6.41. The van der Waals surface area contributed by atoms with Crippen LogP contribution >= 0.6 is 11.8 Å². The maximum atomic E-state index is 13.1. The van der Waals surface area contributed by atoms with Crippen molar-refractivity contribution in [3.8, 4) is 11.4 Å². The molecule has 40 heavy (non-hydrogen) atoms. The molecule has 0 bridgehead atoms. The molecule has 0 aliphatic heterocycles. The van der Waals surface area contributed by atoms with Crippen LogP contribution in [0.5, 0.6) is 5.75 Å². The van der Waals surface area contributed by atoms with E-state index in [-0.39, 0.29) is 12.3 Å². The van der Waals surface area contributed by atoms with Crippen LogP contribution in [0.3, 0.4) is 0 Å². The second kappa shape index (κ2) is 12.0. The number of aryl methyl sites for hydroxylation is 1. The number of carbonyl (C=O) groups is 1. The SMILES string of the molecule is CCOC(=O)C(C)Oc1ccc(SC(c2ccccc2)c2nn(-c3ccc(C(F)(F)F)cc3)c(=O)n2C)cc1C. The molecule has 210 valence electrons. The van der Waals surface area contributed by atoms with Crippen LogP contribution in [0.25, 0.3) is 5.69 Å². The Labute approximate surface area is 233 Å². The van der Waals surface area contributed by atoms with Gasteiger partial charge in [-0.05, 0) is 74.4 Å². The molecule has 7 nitrogen and oxygen atoms in total. The van der Waals surface area contributed by atoms with E-state index >= 15 is 0 Å². The molecule has 0 saturated heterocycles. The molecule has 0 saturated carbocycles. The molecule has 2 atom stereocenters. The molecule has 0 N–H and O–H groups in total. The Morgan fingerprint density at radius 1 is 1.05 bits per heavy atom. The van der Waals surface area contributed by atoms with Gasteiger partial charge < -0.3 is 9.47 Å². The first-order valence-corrected chi connectivity index (χ1v) is 13.4. The van der Waals surface area contributed by atoms with Crippen molar-refractivity contribution in [1.29, 1.82) is 0 Å². The van der Waals surface area contributed by atoms with Gasteiger partial charge >= 0.3 is 17.8 Å². The van der Waals surface area contributed by atoms with Gasteiger partial charge in [0.05, 0.1) is 23.1 Å². The summed E-state index contributed by atoms with van der Waals surface area (Å²) in [6.07, 6.45) is -5.25. The summed E-state index contributed by atoms with van der Waals surface area (Å²) in [5.74, 6) is 0.518. The zero-order valence-electron chi connectivity index (χ0n) is 22.3. The Bertz CT molecular complexity index is 1530.